The molecule has 7 heteroatoms. The van der Waals surface area contributed by atoms with Gasteiger partial charge in [-0.2, -0.15) is 0 Å². The van der Waals surface area contributed by atoms with Gasteiger partial charge in [0.25, 0.3) is 0 Å². The van der Waals surface area contributed by atoms with Crippen molar-refractivity contribution in [1.82, 2.24) is 4.72 Å². The third kappa shape index (κ3) is 5.11. The highest BCUT2D eigenvalue weighted by molar-refractivity contribution is 7.89. The Hall–Kier alpha value is -1.27. The second kappa shape index (κ2) is 8.02. The van der Waals surface area contributed by atoms with Crippen molar-refractivity contribution in [2.24, 2.45) is 0 Å². The molecule has 1 N–H and O–H groups in total. The fraction of sp³-hybridized carbons (Fsp3) is 0.250. The summed E-state index contributed by atoms with van der Waals surface area (Å²) >= 11 is 11.7. The molecule has 4 nitrogen and oxygen atoms in total. The van der Waals surface area contributed by atoms with Crippen molar-refractivity contribution in [3.05, 3.63) is 58.1 Å². The number of hydrogen-bond acceptors (Lipinski definition) is 3. The fourth-order valence-corrected chi connectivity index (χ4v) is 3.70. The summed E-state index contributed by atoms with van der Waals surface area (Å²) in [5, 5.41) is 0.431. The Bertz CT molecular complexity index is 761. The SMILES string of the molecule is CCc1ccc(OCCNS(=O)(=O)c2cc(Cl)ccc2Cl)cc1. The Labute approximate surface area is 146 Å². The van der Waals surface area contributed by atoms with Crippen LogP contribution in [0.15, 0.2) is 47.4 Å². The van der Waals surface area contributed by atoms with Gasteiger partial charge in [0.2, 0.25) is 10.0 Å². The lowest BCUT2D eigenvalue weighted by atomic mass is 10.2. The van der Waals surface area contributed by atoms with E-state index in [1.165, 1.54) is 23.8 Å². The van der Waals surface area contributed by atoms with Crippen molar-refractivity contribution in [1.29, 1.82) is 0 Å². The van der Waals surface area contributed by atoms with Gasteiger partial charge in [-0.15, -0.1) is 0 Å². The Balaban J connectivity index is 1.90. The molecule has 0 saturated heterocycles. The molecule has 0 aromatic heterocycles. The molecule has 0 unspecified atom stereocenters. The van der Waals surface area contributed by atoms with Gasteiger partial charge in [-0.05, 0) is 42.3 Å². The highest BCUT2D eigenvalue weighted by atomic mass is 35.5. The Morgan fingerprint density at radius 3 is 2.43 bits per heavy atom. The van der Waals surface area contributed by atoms with Gasteiger partial charge in [0.1, 0.15) is 17.3 Å². The van der Waals surface area contributed by atoms with Gasteiger partial charge >= 0.3 is 0 Å². The number of ether oxygens (including phenoxy) is 1. The van der Waals surface area contributed by atoms with E-state index in [0.29, 0.717) is 10.8 Å². The molecule has 124 valence electrons. The third-order valence-electron chi connectivity index (χ3n) is 3.18. The molecular weight excluding hydrogens is 357 g/mol. The Kier molecular flexibility index (Phi) is 6.30. The summed E-state index contributed by atoms with van der Waals surface area (Å²) in [4.78, 5) is -0.0426. The predicted molar refractivity (Wildman–Crippen MR) is 93.0 cm³/mol. The molecule has 23 heavy (non-hydrogen) atoms. The van der Waals surface area contributed by atoms with E-state index in [0.717, 1.165) is 6.42 Å². The van der Waals surface area contributed by atoms with Crippen molar-refractivity contribution in [3.8, 4) is 5.75 Å². The minimum atomic E-state index is -3.72. The van der Waals surface area contributed by atoms with Gasteiger partial charge in [0.05, 0.1) is 5.02 Å². The first-order valence-electron chi connectivity index (χ1n) is 7.09. The van der Waals surface area contributed by atoms with Crippen LogP contribution in [0.5, 0.6) is 5.75 Å². The number of hydrogen-bond donors (Lipinski definition) is 1. The molecule has 0 heterocycles. The van der Waals surface area contributed by atoms with Gasteiger partial charge < -0.3 is 4.74 Å². The zero-order valence-electron chi connectivity index (χ0n) is 12.6. The maximum absolute atomic E-state index is 12.2. The first-order chi connectivity index (χ1) is 10.9. The van der Waals surface area contributed by atoms with Crippen molar-refractivity contribution >= 4 is 33.2 Å². The molecule has 2 aromatic rings. The minimum absolute atomic E-state index is 0.0426. The number of halogens is 2. The van der Waals surface area contributed by atoms with E-state index in [4.69, 9.17) is 27.9 Å². The van der Waals surface area contributed by atoms with Gasteiger partial charge in [0, 0.05) is 11.6 Å². The van der Waals surface area contributed by atoms with Crippen LogP contribution in [0, 0.1) is 0 Å². The molecular formula is C16H17Cl2NO3S. The van der Waals surface area contributed by atoms with Crippen molar-refractivity contribution < 1.29 is 13.2 Å². The second-order valence-electron chi connectivity index (χ2n) is 4.82. The largest absolute Gasteiger partial charge is 0.492 e. The maximum Gasteiger partial charge on any atom is 0.242 e. The van der Waals surface area contributed by atoms with Crippen LogP contribution in [-0.4, -0.2) is 21.6 Å². The van der Waals surface area contributed by atoms with Crippen LogP contribution in [0.2, 0.25) is 10.0 Å². The summed E-state index contributed by atoms with van der Waals surface area (Å²) < 4.78 is 32.3. The maximum atomic E-state index is 12.2. The van der Waals surface area contributed by atoms with Crippen LogP contribution in [0.4, 0.5) is 0 Å². The van der Waals surface area contributed by atoms with E-state index < -0.39 is 10.0 Å². The normalized spacial score (nSPS) is 11.4. The molecule has 2 rings (SSSR count). The van der Waals surface area contributed by atoms with E-state index in [1.54, 1.807) is 0 Å². The highest BCUT2D eigenvalue weighted by Gasteiger charge is 2.17. The van der Waals surface area contributed by atoms with Crippen LogP contribution >= 0.6 is 23.2 Å². The molecule has 0 radical (unpaired) electrons. The monoisotopic (exact) mass is 373 g/mol. The molecule has 0 spiro atoms. The van der Waals surface area contributed by atoms with Gasteiger partial charge in [-0.3, -0.25) is 0 Å². The smallest absolute Gasteiger partial charge is 0.242 e. The topological polar surface area (TPSA) is 55.4 Å². The molecule has 0 atom stereocenters. The van der Waals surface area contributed by atoms with E-state index in [9.17, 15) is 8.42 Å². The average molecular weight is 374 g/mol. The number of nitrogens with one attached hydrogen (secondary N) is 1. The summed E-state index contributed by atoms with van der Waals surface area (Å²) in [5.74, 6) is 0.696. The Morgan fingerprint density at radius 1 is 1.09 bits per heavy atom. The lowest BCUT2D eigenvalue weighted by Crippen LogP contribution is -2.28. The van der Waals surface area contributed by atoms with E-state index in [-0.39, 0.29) is 23.1 Å². The number of aryl methyl sites for hydroxylation is 1. The first kappa shape index (κ1) is 18.1. The zero-order valence-corrected chi connectivity index (χ0v) is 14.9. The lowest BCUT2D eigenvalue weighted by Gasteiger charge is -2.10. The van der Waals surface area contributed by atoms with E-state index >= 15 is 0 Å². The van der Waals surface area contributed by atoms with Crippen molar-refractivity contribution in [2.75, 3.05) is 13.2 Å². The van der Waals surface area contributed by atoms with Gasteiger partial charge in [-0.25, -0.2) is 13.1 Å². The van der Waals surface area contributed by atoms with Gasteiger partial charge in [0.15, 0.2) is 0 Å². The van der Waals surface area contributed by atoms with E-state index in [1.807, 2.05) is 24.3 Å². The predicted octanol–water partition coefficient (Wildman–Crippen LogP) is 3.91. The summed E-state index contributed by atoms with van der Waals surface area (Å²) in [7, 11) is -3.72. The second-order valence-corrected chi connectivity index (χ2v) is 7.40. The molecule has 0 saturated carbocycles. The summed E-state index contributed by atoms with van der Waals surface area (Å²) in [6.45, 7) is 2.41. The summed E-state index contributed by atoms with van der Waals surface area (Å²) in [6, 6.07) is 12.0. The quantitative estimate of drug-likeness (QED) is 0.748. The average Bonchev–Trinajstić information content (AvgIpc) is 2.54. The number of sulfonamides is 1. The number of benzene rings is 2. The zero-order chi connectivity index (χ0) is 16.9. The van der Waals surface area contributed by atoms with Gasteiger partial charge in [-0.1, -0.05) is 42.3 Å². The molecule has 2 aromatic carbocycles. The van der Waals surface area contributed by atoms with Crippen LogP contribution in [0.3, 0.4) is 0 Å². The standard InChI is InChI=1S/C16H17Cl2NO3S/c1-2-12-3-6-14(7-4-12)22-10-9-19-23(20,21)16-11-13(17)5-8-15(16)18/h3-8,11,19H,2,9-10H2,1H3. The summed E-state index contributed by atoms with van der Waals surface area (Å²) in [5.41, 5.74) is 1.22. The van der Waals surface area contributed by atoms with Crippen LogP contribution in [0.25, 0.3) is 0 Å². The van der Waals surface area contributed by atoms with Crippen LogP contribution < -0.4 is 9.46 Å². The van der Waals surface area contributed by atoms with E-state index in [2.05, 4.69) is 11.6 Å². The molecule has 0 amide bonds. The van der Waals surface area contributed by atoms with Crippen molar-refractivity contribution in [3.63, 3.8) is 0 Å². The third-order valence-corrected chi connectivity index (χ3v) is 5.35. The molecule has 0 aliphatic rings. The van der Waals surface area contributed by atoms with Crippen LogP contribution in [0.1, 0.15) is 12.5 Å². The molecule has 0 fully saturated rings. The van der Waals surface area contributed by atoms with Crippen molar-refractivity contribution in [2.45, 2.75) is 18.2 Å². The lowest BCUT2D eigenvalue weighted by molar-refractivity contribution is 0.323. The van der Waals surface area contributed by atoms with Crippen LogP contribution in [-0.2, 0) is 16.4 Å². The highest BCUT2D eigenvalue weighted by Crippen LogP contribution is 2.24. The minimum Gasteiger partial charge on any atom is -0.492 e. The first-order valence-corrected chi connectivity index (χ1v) is 9.33. The molecule has 0 aliphatic carbocycles. The summed E-state index contributed by atoms with van der Waals surface area (Å²) in [6.07, 6.45) is 0.959. The molecule has 0 bridgehead atoms. The number of rotatable bonds is 7. The Morgan fingerprint density at radius 2 is 1.78 bits per heavy atom. The molecule has 0 aliphatic heterocycles. The fourth-order valence-electron chi connectivity index (χ4n) is 1.93.